The van der Waals surface area contributed by atoms with E-state index in [0.717, 1.165) is 0 Å². The van der Waals surface area contributed by atoms with Gasteiger partial charge in [0.25, 0.3) is 60.7 Å². The summed E-state index contributed by atoms with van der Waals surface area (Å²) in [6.07, 6.45) is -1.25. The van der Waals surface area contributed by atoms with Crippen molar-refractivity contribution in [3.05, 3.63) is 73.8 Å². The Morgan fingerprint density at radius 1 is 0.280 bits per heavy atom. The van der Waals surface area contributed by atoms with Crippen LogP contribution in [0.5, 0.6) is 51.7 Å². The van der Waals surface area contributed by atoms with E-state index in [1.807, 2.05) is 6.92 Å². The van der Waals surface area contributed by atoms with Gasteiger partial charge in [0.2, 0.25) is 0 Å². The maximum absolute atomic E-state index is 13.6. The average Bonchev–Trinajstić information content (AvgIpc) is 0.720. The van der Waals surface area contributed by atoms with Gasteiger partial charge in [-0.25, -0.2) is 19.2 Å². The molecule has 4 aromatic carbocycles. The highest BCUT2D eigenvalue weighted by atomic mass is 32.2. The number of nitrogens with two attached hydrogens (primary N) is 6. The van der Waals surface area contributed by atoms with E-state index < -0.39 is 283 Å². The zero-order valence-corrected chi connectivity index (χ0v) is 77.3. The standard InChI is InChI=1S/C38H52N2O22S4.C22H30N2O11S2.C13H12N2O2.3O3S/c1-3-15-57-31-25(11-5-13-39)33(60-18-8-22-64(48,49)50)30(38(43)44)36(62-20-10-24-66(54,55)56)27(31)28-32(59-17-7-21-63(45,46)47)26(12-6-14-40)34(61-19-9-23-65(51,52)53)29(37(41)42)35(28)58-16-4-2;1-2-11-33-19-16(7-3-9-23)20(34-12-5-14-36(27,28)29)18(22(25)26)21(17(19)8-4-10-24)35-13-6-15-37(30,31)32;14-5-1-3-10-7-11(4-2-6-15)9-12(8-10)13(16)17;3*1-4(2)3/h3-4,7-10,13-24,39-40H2,1-2H3,(H,41,42)(H,43,44)(H,45,46,47)(H,48,49,50)(H,51,52,53)(H,54,55,56);2,5-6,9-15,23-24H2,1H3,(H,25,26)(H,27,28,29)(H,30,31,32);7-9H,5-6,14-15H2,(H,16,17);;;. The summed E-state index contributed by atoms with van der Waals surface area (Å²) in [5.74, 6) is 16.5. The minimum atomic E-state index is -4.64. The van der Waals surface area contributed by atoms with Gasteiger partial charge in [0.1, 0.15) is 50.4 Å². The molecule has 132 heavy (non-hydrogen) atoms. The Morgan fingerprint density at radius 2 is 0.462 bits per heavy atom. The second-order valence-corrected chi connectivity index (χ2v) is 35.1. The number of carboxylic acids is 4. The highest BCUT2D eigenvalue weighted by Crippen LogP contribution is 2.58. The molecule has 4 aromatic rings. The van der Waals surface area contributed by atoms with Crippen molar-refractivity contribution in [3.8, 4) is 134 Å². The average molecular weight is 2050 g/mol. The monoisotopic (exact) mass is 2050 g/mol. The van der Waals surface area contributed by atoms with Crippen LogP contribution in [0.3, 0.4) is 0 Å². The van der Waals surface area contributed by atoms with Crippen LogP contribution in [0.15, 0.2) is 18.2 Å². The highest BCUT2D eigenvalue weighted by Gasteiger charge is 2.40. The largest absolute Gasteiger partial charge is 0.492 e. The molecule has 50 nitrogen and oxygen atoms in total. The summed E-state index contributed by atoms with van der Waals surface area (Å²) in [6, 6.07) is 4.68. The van der Waals surface area contributed by atoms with E-state index in [1.165, 1.54) is 12.1 Å². The van der Waals surface area contributed by atoms with E-state index >= 15 is 0 Å². The molecule has 0 saturated heterocycles. The van der Waals surface area contributed by atoms with Gasteiger partial charge in [-0.15, -0.1) is 37.9 Å². The Kier molecular flexibility index (Phi) is 58.9. The zero-order valence-electron chi connectivity index (χ0n) is 69.9. The number of hydrogen-bond acceptors (Lipinski definition) is 40. The van der Waals surface area contributed by atoms with Crippen molar-refractivity contribution in [2.24, 2.45) is 34.4 Å². The van der Waals surface area contributed by atoms with E-state index in [2.05, 4.69) is 71.0 Å². The molecule has 22 N–H and O–H groups in total. The molecular formula is C73H94N6O44S9. The topological polar surface area (TPSA) is 868 Å². The number of rotatable bonds is 44. The summed E-state index contributed by atoms with van der Waals surface area (Å²) in [4.78, 5) is 50.4. The fraction of sp³-hybridized carbons (Fsp3) is 0.452. The number of carboxylic acid groups (broad SMARTS) is 4. The van der Waals surface area contributed by atoms with Crippen LogP contribution in [-0.4, -0.2) is 293 Å². The van der Waals surface area contributed by atoms with Gasteiger partial charge in [-0.2, -0.15) is 50.5 Å². The normalized spacial score (nSPS) is 10.6. The van der Waals surface area contributed by atoms with Gasteiger partial charge in [0, 0.05) is 11.1 Å². The molecule has 0 amide bonds. The van der Waals surface area contributed by atoms with Crippen LogP contribution in [0, 0.1) is 71.0 Å². The lowest BCUT2D eigenvalue weighted by atomic mass is 9.89. The summed E-state index contributed by atoms with van der Waals surface area (Å²) < 4.78 is 323. The second-order valence-electron chi connectivity index (χ2n) is 24.5. The molecule has 0 fully saturated rings. The minimum absolute atomic E-state index is 0.00306. The Bertz CT molecular complexity index is 5940. The molecule has 0 radical (unpaired) electrons. The maximum Gasteiger partial charge on any atom is 0.425 e. The number of aromatic carboxylic acids is 4. The molecule has 734 valence electrons. The summed E-state index contributed by atoms with van der Waals surface area (Å²) in [6.45, 7) is 0.962. The first-order valence-corrected chi connectivity index (χ1v) is 49.8. The Morgan fingerprint density at radius 3 is 0.667 bits per heavy atom. The molecular weight excluding hydrogens is 1950 g/mol. The van der Waals surface area contributed by atoms with Crippen LogP contribution in [-0.2, 0) is 92.5 Å². The molecule has 0 atom stereocenters. The van der Waals surface area contributed by atoms with Crippen molar-refractivity contribution >= 4 is 116 Å². The number of carbonyl (C=O) groups is 4. The van der Waals surface area contributed by atoms with Crippen LogP contribution < -0.4 is 77.0 Å². The van der Waals surface area contributed by atoms with Gasteiger partial charge >= 0.3 is 55.7 Å². The molecule has 0 bridgehead atoms. The smallest absolute Gasteiger partial charge is 0.425 e. The number of ether oxygens (including phenoxy) is 9. The second kappa shape index (κ2) is 63.5. The zero-order chi connectivity index (χ0) is 101. The lowest BCUT2D eigenvalue weighted by Crippen LogP contribution is -2.18. The van der Waals surface area contributed by atoms with Gasteiger partial charge in [-0.05, 0) is 76.0 Å². The van der Waals surface area contributed by atoms with Crippen molar-refractivity contribution in [2.45, 2.75) is 78.6 Å². The first-order valence-electron chi connectivity index (χ1n) is 37.1. The molecule has 0 unspecified atom stereocenters. The fourth-order valence-electron chi connectivity index (χ4n) is 9.71. The third-order valence-corrected chi connectivity index (χ3v) is 19.0. The van der Waals surface area contributed by atoms with Crippen molar-refractivity contribution < 1.29 is 198 Å². The van der Waals surface area contributed by atoms with E-state index in [1.54, 1.807) is 19.9 Å². The third kappa shape index (κ3) is 52.4. The molecule has 0 spiro atoms. The van der Waals surface area contributed by atoms with Gasteiger partial charge in [0.15, 0.2) is 40.2 Å². The van der Waals surface area contributed by atoms with Crippen molar-refractivity contribution in [3.63, 3.8) is 0 Å². The molecule has 0 heterocycles. The van der Waals surface area contributed by atoms with Crippen LogP contribution >= 0.6 is 0 Å². The van der Waals surface area contributed by atoms with Crippen LogP contribution in [0.25, 0.3) is 11.1 Å². The SMILES string of the molecule is CCCOc1c(C#CCN)c(OCCCS(=O)(=O)O)c(C(=O)O)c(OCCCS(=O)(=O)O)c1-c1c(OCCCS(=O)(=O)O)c(C#CCN)c(OCCCS(=O)(=O)O)c(C(=O)O)c1OCCC.CCCOc1c(C#CCN)c(OCCCS(=O)(=O)O)c(C(=O)O)c(OCCCS(=O)(=O)O)c1C#CCN.NCC#Cc1cc(C#CCN)cc(C(=O)O)c1.O=S(=O)=O.O=S(=O)=O.O=S(=O)=O. The first kappa shape index (κ1) is 122. The predicted molar refractivity (Wildman–Crippen MR) is 464 cm³/mol. The molecule has 0 aliphatic heterocycles. The van der Waals surface area contributed by atoms with Crippen LogP contribution in [0.1, 0.15) is 153 Å². The lowest BCUT2D eigenvalue weighted by Gasteiger charge is -2.28. The van der Waals surface area contributed by atoms with Crippen molar-refractivity contribution in [1.82, 2.24) is 0 Å². The van der Waals surface area contributed by atoms with E-state index in [0.29, 0.717) is 17.5 Å². The summed E-state index contributed by atoms with van der Waals surface area (Å²) in [7, 11) is -36.3. The molecule has 0 saturated carbocycles. The van der Waals surface area contributed by atoms with Crippen LogP contribution in [0.4, 0.5) is 0 Å². The first-order chi connectivity index (χ1) is 61.5. The molecule has 0 aliphatic carbocycles. The Labute approximate surface area is 763 Å². The summed E-state index contributed by atoms with van der Waals surface area (Å²) in [5, 5.41) is 40.9. The molecule has 0 aliphatic rings. The van der Waals surface area contributed by atoms with Gasteiger partial charge in [-0.1, -0.05) is 91.8 Å². The van der Waals surface area contributed by atoms with E-state index in [9.17, 15) is 103 Å². The Balaban J connectivity index is 0. The number of benzene rings is 4. The third-order valence-electron chi connectivity index (χ3n) is 14.2. The maximum atomic E-state index is 13.6. The lowest BCUT2D eigenvalue weighted by molar-refractivity contribution is 0.0674. The van der Waals surface area contributed by atoms with Crippen molar-refractivity contribution in [1.29, 1.82) is 0 Å². The Hall–Kier alpha value is -11.6. The predicted octanol–water partition coefficient (Wildman–Crippen LogP) is -1.32. The molecule has 0 aromatic heterocycles. The highest BCUT2D eigenvalue weighted by molar-refractivity contribution is 7.87. The minimum Gasteiger partial charge on any atom is -0.492 e. The van der Waals surface area contributed by atoms with Crippen LogP contribution in [0.2, 0.25) is 0 Å². The van der Waals surface area contributed by atoms with Gasteiger partial charge < -0.3 is 97.5 Å². The van der Waals surface area contributed by atoms with E-state index in [4.69, 9.17) is 129 Å². The quantitative estimate of drug-likeness (QED) is 0.0139. The summed E-state index contributed by atoms with van der Waals surface area (Å²) >= 11 is 0. The van der Waals surface area contributed by atoms with Gasteiger partial charge in [0.05, 0.1) is 150 Å². The van der Waals surface area contributed by atoms with Crippen molar-refractivity contribution in [2.75, 3.05) is 133 Å². The summed E-state index contributed by atoms with van der Waals surface area (Å²) in [5.41, 5.74) is 29.9. The molecule has 4 rings (SSSR count). The van der Waals surface area contributed by atoms with Gasteiger partial charge in [-0.3, -0.25) is 27.3 Å². The fourth-order valence-corrected chi connectivity index (χ4v) is 12.6. The van der Waals surface area contributed by atoms with E-state index in [-0.39, 0.29) is 125 Å². The molecule has 59 heteroatoms. The number of hydrogen-bond donors (Lipinski definition) is 16.